The predicted octanol–water partition coefficient (Wildman–Crippen LogP) is 2.61. The van der Waals surface area contributed by atoms with E-state index in [1.165, 1.54) is 0 Å². The fourth-order valence-electron chi connectivity index (χ4n) is 2.05. The second-order valence-corrected chi connectivity index (χ2v) is 6.69. The van der Waals surface area contributed by atoms with E-state index in [1.807, 2.05) is 27.0 Å². The van der Waals surface area contributed by atoms with Gasteiger partial charge in [0.25, 0.3) is 5.91 Å². The Morgan fingerprint density at radius 1 is 1.40 bits per heavy atom. The number of carbonyl (C=O) groups is 1. The molecule has 112 valence electrons. The first kappa shape index (κ1) is 16.4. The van der Waals surface area contributed by atoms with Crippen LogP contribution in [0.5, 0.6) is 0 Å². The highest BCUT2D eigenvalue weighted by Crippen LogP contribution is 2.20. The van der Waals surface area contributed by atoms with Gasteiger partial charge < -0.3 is 10.3 Å². The molecule has 0 aliphatic heterocycles. The number of hydrogen-bond donors (Lipinski definition) is 2. The monoisotopic (exact) mass is 278 g/mol. The van der Waals surface area contributed by atoms with E-state index in [-0.39, 0.29) is 17.2 Å². The van der Waals surface area contributed by atoms with Gasteiger partial charge in [0.15, 0.2) is 0 Å². The minimum absolute atomic E-state index is 0.0132. The van der Waals surface area contributed by atoms with Crippen LogP contribution in [0.1, 0.15) is 56.6 Å². The van der Waals surface area contributed by atoms with Gasteiger partial charge in [0.2, 0.25) is 0 Å². The summed E-state index contributed by atoms with van der Waals surface area (Å²) in [5, 5.41) is 0. The fraction of sp³-hybridized carbons (Fsp3) is 0.600. The number of pyridine rings is 1. The molecule has 1 aromatic rings. The van der Waals surface area contributed by atoms with Crippen LogP contribution < -0.4 is 11.3 Å². The van der Waals surface area contributed by atoms with Crippen molar-refractivity contribution < 1.29 is 4.79 Å². The largest absolute Gasteiger partial charge is 0.341 e. The van der Waals surface area contributed by atoms with Gasteiger partial charge in [-0.1, -0.05) is 34.6 Å². The van der Waals surface area contributed by atoms with Crippen LogP contribution in [0.2, 0.25) is 0 Å². The molecule has 0 bridgehead atoms. The molecule has 0 saturated heterocycles. The number of hydrazine groups is 1. The van der Waals surface area contributed by atoms with E-state index in [4.69, 9.17) is 5.84 Å². The molecule has 0 saturated carbocycles. The number of carbonyl (C=O) groups excluding carboxylic acids is 1. The minimum atomic E-state index is -0.0132. The first-order chi connectivity index (χ1) is 9.14. The number of amides is 1. The van der Waals surface area contributed by atoms with Gasteiger partial charge in [0.05, 0.1) is 0 Å². The van der Waals surface area contributed by atoms with E-state index in [1.54, 1.807) is 11.0 Å². The van der Waals surface area contributed by atoms with Crippen LogP contribution in [0.25, 0.3) is 0 Å². The Hall–Kier alpha value is -1.62. The summed E-state index contributed by atoms with van der Waals surface area (Å²) in [7, 11) is 1.82. The van der Waals surface area contributed by atoms with Crippen molar-refractivity contribution >= 4 is 11.7 Å². The number of nitrogens with two attached hydrogens (primary N) is 1. The summed E-state index contributed by atoms with van der Waals surface area (Å²) in [5.41, 5.74) is 4.05. The lowest BCUT2D eigenvalue weighted by molar-refractivity contribution is 0.0745. The molecule has 5 nitrogen and oxygen atoms in total. The smallest absolute Gasteiger partial charge is 0.253 e. The SMILES string of the molecule is CC(C)c1cc(C(=O)N(C)CC(C)(C)C)cc(NN)n1. The van der Waals surface area contributed by atoms with E-state index in [2.05, 4.69) is 31.2 Å². The third-order valence-electron chi connectivity index (χ3n) is 2.89. The quantitative estimate of drug-likeness (QED) is 0.656. The molecule has 1 rings (SSSR count). The van der Waals surface area contributed by atoms with Crippen molar-refractivity contribution in [2.45, 2.75) is 40.5 Å². The predicted molar refractivity (Wildman–Crippen MR) is 82.6 cm³/mol. The van der Waals surface area contributed by atoms with Crippen LogP contribution in [-0.4, -0.2) is 29.4 Å². The molecule has 20 heavy (non-hydrogen) atoms. The maximum atomic E-state index is 12.5. The Morgan fingerprint density at radius 3 is 2.45 bits per heavy atom. The van der Waals surface area contributed by atoms with Gasteiger partial charge in [-0.3, -0.25) is 4.79 Å². The van der Waals surface area contributed by atoms with Crippen LogP contribution >= 0.6 is 0 Å². The van der Waals surface area contributed by atoms with Crippen LogP contribution in [0.3, 0.4) is 0 Å². The van der Waals surface area contributed by atoms with Crippen molar-refractivity contribution in [1.82, 2.24) is 9.88 Å². The van der Waals surface area contributed by atoms with E-state index in [0.29, 0.717) is 17.9 Å². The molecular formula is C15H26N4O. The van der Waals surface area contributed by atoms with Gasteiger partial charge in [0.1, 0.15) is 5.82 Å². The van der Waals surface area contributed by atoms with Crippen LogP contribution in [0, 0.1) is 5.41 Å². The Kier molecular flexibility index (Phi) is 5.11. The molecule has 0 aliphatic rings. The van der Waals surface area contributed by atoms with Crippen molar-refractivity contribution in [2.75, 3.05) is 19.0 Å². The maximum absolute atomic E-state index is 12.5. The molecule has 1 heterocycles. The van der Waals surface area contributed by atoms with Gasteiger partial charge in [-0.2, -0.15) is 0 Å². The van der Waals surface area contributed by atoms with Crippen LogP contribution in [-0.2, 0) is 0 Å². The second kappa shape index (κ2) is 6.22. The molecule has 0 spiro atoms. The Labute approximate surface area is 121 Å². The Morgan fingerprint density at radius 2 is 2.00 bits per heavy atom. The van der Waals surface area contributed by atoms with Crippen molar-refractivity contribution in [1.29, 1.82) is 0 Å². The van der Waals surface area contributed by atoms with Crippen molar-refractivity contribution in [3.63, 3.8) is 0 Å². The first-order valence-corrected chi connectivity index (χ1v) is 6.88. The van der Waals surface area contributed by atoms with Crippen LogP contribution in [0.4, 0.5) is 5.82 Å². The van der Waals surface area contributed by atoms with E-state index in [9.17, 15) is 4.79 Å². The normalized spacial score (nSPS) is 11.6. The number of anilines is 1. The lowest BCUT2D eigenvalue weighted by Crippen LogP contribution is -2.34. The number of nitrogen functional groups attached to an aromatic ring is 1. The van der Waals surface area contributed by atoms with Crippen molar-refractivity contribution in [3.8, 4) is 0 Å². The standard InChI is InChI=1S/C15H26N4O/c1-10(2)12-7-11(8-13(17-12)18-16)14(20)19(6)9-15(3,4)5/h7-8,10H,9,16H2,1-6H3,(H,17,18). The zero-order valence-corrected chi connectivity index (χ0v) is 13.3. The highest BCUT2D eigenvalue weighted by molar-refractivity contribution is 5.94. The maximum Gasteiger partial charge on any atom is 0.253 e. The summed E-state index contributed by atoms with van der Waals surface area (Å²) >= 11 is 0. The minimum Gasteiger partial charge on any atom is -0.341 e. The molecule has 0 fully saturated rings. The molecule has 0 unspecified atom stereocenters. The molecule has 3 N–H and O–H groups in total. The topological polar surface area (TPSA) is 71.2 Å². The summed E-state index contributed by atoms with van der Waals surface area (Å²) in [5.74, 6) is 6.17. The van der Waals surface area contributed by atoms with Gasteiger partial charge in [-0.05, 0) is 23.5 Å². The average Bonchev–Trinajstić information content (AvgIpc) is 2.35. The molecule has 0 radical (unpaired) electrons. The lowest BCUT2D eigenvalue weighted by atomic mass is 9.96. The number of nitrogens with zero attached hydrogens (tertiary/aromatic N) is 2. The van der Waals surface area contributed by atoms with Gasteiger partial charge in [0, 0.05) is 24.8 Å². The third-order valence-corrected chi connectivity index (χ3v) is 2.89. The fourth-order valence-corrected chi connectivity index (χ4v) is 2.05. The highest BCUT2D eigenvalue weighted by atomic mass is 16.2. The zero-order chi connectivity index (χ0) is 15.5. The second-order valence-electron chi connectivity index (χ2n) is 6.69. The Balaban J connectivity index is 3.06. The molecule has 1 amide bonds. The summed E-state index contributed by atoms with van der Waals surface area (Å²) in [6, 6.07) is 3.53. The van der Waals surface area contributed by atoms with E-state index < -0.39 is 0 Å². The molecular weight excluding hydrogens is 252 g/mol. The number of aromatic nitrogens is 1. The zero-order valence-electron chi connectivity index (χ0n) is 13.3. The first-order valence-electron chi connectivity index (χ1n) is 6.88. The summed E-state index contributed by atoms with van der Waals surface area (Å²) in [6.07, 6.45) is 0. The van der Waals surface area contributed by atoms with Gasteiger partial charge in [-0.25, -0.2) is 10.8 Å². The van der Waals surface area contributed by atoms with Gasteiger partial charge >= 0.3 is 0 Å². The number of rotatable bonds is 4. The number of hydrogen-bond acceptors (Lipinski definition) is 4. The summed E-state index contributed by atoms with van der Waals surface area (Å²) < 4.78 is 0. The van der Waals surface area contributed by atoms with Gasteiger partial charge in [-0.15, -0.1) is 0 Å². The molecule has 5 heteroatoms. The molecule has 0 aliphatic carbocycles. The van der Waals surface area contributed by atoms with Crippen LogP contribution in [0.15, 0.2) is 12.1 Å². The summed E-state index contributed by atoms with van der Waals surface area (Å²) in [4.78, 5) is 18.6. The van der Waals surface area contributed by atoms with E-state index >= 15 is 0 Å². The Bertz CT molecular complexity index is 477. The van der Waals surface area contributed by atoms with E-state index in [0.717, 1.165) is 5.69 Å². The van der Waals surface area contributed by atoms with Crippen molar-refractivity contribution in [3.05, 3.63) is 23.4 Å². The average molecular weight is 278 g/mol. The molecule has 0 atom stereocenters. The molecule has 0 aromatic carbocycles. The molecule has 1 aromatic heterocycles. The number of nitrogens with one attached hydrogen (secondary N) is 1. The third kappa shape index (κ3) is 4.49. The lowest BCUT2D eigenvalue weighted by Gasteiger charge is -2.27. The highest BCUT2D eigenvalue weighted by Gasteiger charge is 2.20. The van der Waals surface area contributed by atoms with Crippen molar-refractivity contribution in [2.24, 2.45) is 11.3 Å². The summed E-state index contributed by atoms with van der Waals surface area (Å²) in [6.45, 7) is 11.1.